The van der Waals surface area contributed by atoms with E-state index in [1.54, 1.807) is 0 Å². The first-order valence-electron chi connectivity index (χ1n) is 5.77. The van der Waals surface area contributed by atoms with E-state index < -0.39 is 0 Å². The zero-order valence-corrected chi connectivity index (χ0v) is 10.2. The molecule has 2 aromatic rings. The summed E-state index contributed by atoms with van der Waals surface area (Å²) in [6, 6.07) is 15.4. The maximum atomic E-state index is 2.28. The van der Waals surface area contributed by atoms with Crippen LogP contribution in [0.2, 0.25) is 0 Å². The zero-order valence-electron chi connectivity index (χ0n) is 10.2. The van der Waals surface area contributed by atoms with Gasteiger partial charge in [0.25, 0.3) is 0 Å². The summed E-state index contributed by atoms with van der Waals surface area (Å²) in [5.74, 6) is 0. The molecule has 0 aliphatic carbocycles. The van der Waals surface area contributed by atoms with Crippen LogP contribution in [0.25, 0.3) is 0 Å². The van der Waals surface area contributed by atoms with E-state index in [9.17, 15) is 0 Å². The van der Waals surface area contributed by atoms with Crippen LogP contribution in [0.5, 0.6) is 0 Å². The van der Waals surface area contributed by atoms with Crippen LogP contribution in [0.3, 0.4) is 0 Å². The summed E-state index contributed by atoms with van der Waals surface area (Å²) in [6.07, 6.45) is 1.04. The maximum Gasteiger partial charge on any atom is -0.00230 e. The van der Waals surface area contributed by atoms with Crippen LogP contribution in [-0.2, 0) is 6.42 Å². The molecule has 0 nitrogen and oxygen atoms in total. The normalized spacial score (nSPS) is 10.4. The molecule has 82 valence electrons. The Morgan fingerprint density at radius 1 is 0.812 bits per heavy atom. The molecule has 0 N–H and O–H groups in total. The highest BCUT2D eigenvalue weighted by Gasteiger charge is 2.00. The monoisotopic (exact) mass is 210 g/mol. The Labute approximate surface area is 97.9 Å². The molecule has 16 heavy (non-hydrogen) atoms. The van der Waals surface area contributed by atoms with Gasteiger partial charge < -0.3 is 0 Å². The van der Waals surface area contributed by atoms with Gasteiger partial charge in [0.2, 0.25) is 0 Å². The molecule has 0 aliphatic rings. The molecule has 0 heteroatoms. The molecule has 0 atom stereocenters. The third-order valence-electron chi connectivity index (χ3n) is 2.94. The second-order valence-corrected chi connectivity index (χ2v) is 4.60. The van der Waals surface area contributed by atoms with Crippen molar-refractivity contribution in [2.75, 3.05) is 0 Å². The third-order valence-corrected chi connectivity index (χ3v) is 2.94. The molecule has 0 aromatic heterocycles. The molecular weight excluding hydrogens is 192 g/mol. The molecule has 0 radical (unpaired) electrons. The molecule has 0 heterocycles. The minimum atomic E-state index is 1.04. The van der Waals surface area contributed by atoms with Crippen molar-refractivity contribution in [3.8, 4) is 0 Å². The maximum absolute atomic E-state index is 2.28. The average molecular weight is 210 g/mol. The smallest absolute Gasteiger partial charge is 0.00230 e. The highest BCUT2D eigenvalue weighted by Crippen LogP contribution is 2.16. The van der Waals surface area contributed by atoms with Crippen molar-refractivity contribution < 1.29 is 0 Å². The highest BCUT2D eigenvalue weighted by molar-refractivity contribution is 5.35. The second-order valence-electron chi connectivity index (χ2n) is 4.60. The number of aryl methyl sites for hydroxylation is 3. The van der Waals surface area contributed by atoms with Gasteiger partial charge in [-0.2, -0.15) is 0 Å². The molecule has 0 fully saturated rings. The fourth-order valence-electron chi connectivity index (χ4n) is 2.20. The number of hydrogen-bond acceptors (Lipinski definition) is 0. The van der Waals surface area contributed by atoms with Crippen molar-refractivity contribution in [1.82, 2.24) is 0 Å². The van der Waals surface area contributed by atoms with Gasteiger partial charge in [-0.15, -0.1) is 0 Å². The van der Waals surface area contributed by atoms with E-state index in [1.165, 1.54) is 27.8 Å². The summed E-state index contributed by atoms with van der Waals surface area (Å²) in [6.45, 7) is 6.50. The Morgan fingerprint density at radius 2 is 1.44 bits per heavy atom. The summed E-state index contributed by atoms with van der Waals surface area (Å²) in [7, 11) is 0. The Bertz CT molecular complexity index is 475. The lowest BCUT2D eigenvalue weighted by Gasteiger charge is -2.07. The summed E-state index contributed by atoms with van der Waals surface area (Å²) in [4.78, 5) is 0. The lowest BCUT2D eigenvalue weighted by atomic mass is 9.98. The third kappa shape index (κ3) is 2.52. The van der Waals surface area contributed by atoms with E-state index in [1.807, 2.05) is 0 Å². The average Bonchev–Trinajstić information content (AvgIpc) is 2.20. The van der Waals surface area contributed by atoms with Gasteiger partial charge in [-0.1, -0.05) is 53.6 Å². The first-order valence-corrected chi connectivity index (χ1v) is 5.77. The van der Waals surface area contributed by atoms with Crippen molar-refractivity contribution in [2.24, 2.45) is 0 Å². The highest BCUT2D eigenvalue weighted by atomic mass is 14.1. The fraction of sp³-hybridized carbons (Fsp3) is 0.250. The molecule has 0 unspecified atom stereocenters. The Kier molecular flexibility index (Phi) is 3.09. The quantitative estimate of drug-likeness (QED) is 0.696. The number of hydrogen-bond donors (Lipinski definition) is 0. The predicted molar refractivity (Wildman–Crippen MR) is 69.9 cm³/mol. The van der Waals surface area contributed by atoms with Crippen molar-refractivity contribution in [2.45, 2.75) is 27.2 Å². The van der Waals surface area contributed by atoms with Gasteiger partial charge in [0.05, 0.1) is 0 Å². The van der Waals surface area contributed by atoms with E-state index >= 15 is 0 Å². The largest absolute Gasteiger partial charge is 0.0620 e. The van der Waals surface area contributed by atoms with Gasteiger partial charge >= 0.3 is 0 Å². The van der Waals surface area contributed by atoms with Gasteiger partial charge in [-0.25, -0.2) is 0 Å². The number of benzene rings is 2. The summed E-state index contributed by atoms with van der Waals surface area (Å²) >= 11 is 0. The summed E-state index contributed by atoms with van der Waals surface area (Å²) in [5.41, 5.74) is 6.91. The van der Waals surface area contributed by atoms with Crippen LogP contribution in [-0.4, -0.2) is 0 Å². The fourth-order valence-corrected chi connectivity index (χ4v) is 2.20. The van der Waals surface area contributed by atoms with E-state index in [-0.39, 0.29) is 0 Å². The van der Waals surface area contributed by atoms with E-state index in [0.29, 0.717) is 0 Å². The van der Waals surface area contributed by atoms with E-state index in [0.717, 1.165) is 6.42 Å². The predicted octanol–water partition coefficient (Wildman–Crippen LogP) is 4.20. The Hall–Kier alpha value is -1.56. The molecule has 0 aliphatic heterocycles. The lowest BCUT2D eigenvalue weighted by Crippen LogP contribution is -1.92. The van der Waals surface area contributed by atoms with Crippen LogP contribution in [0.1, 0.15) is 27.8 Å². The minimum Gasteiger partial charge on any atom is -0.0620 e. The topological polar surface area (TPSA) is 0 Å². The Balaban J connectivity index is 2.30. The molecule has 2 rings (SSSR count). The first kappa shape index (κ1) is 10.9. The van der Waals surface area contributed by atoms with E-state index in [2.05, 4.69) is 63.2 Å². The molecule has 0 saturated heterocycles. The van der Waals surface area contributed by atoms with Crippen LogP contribution in [0.4, 0.5) is 0 Å². The molecule has 0 saturated carbocycles. The van der Waals surface area contributed by atoms with Crippen molar-refractivity contribution >= 4 is 0 Å². The van der Waals surface area contributed by atoms with Crippen molar-refractivity contribution in [3.05, 3.63) is 70.3 Å². The zero-order chi connectivity index (χ0) is 11.5. The van der Waals surface area contributed by atoms with Crippen LogP contribution in [0.15, 0.2) is 42.5 Å². The van der Waals surface area contributed by atoms with Crippen molar-refractivity contribution in [3.63, 3.8) is 0 Å². The lowest BCUT2D eigenvalue weighted by molar-refractivity contribution is 1.14. The van der Waals surface area contributed by atoms with Gasteiger partial charge in [0, 0.05) is 0 Å². The molecule has 0 amide bonds. The second kappa shape index (κ2) is 4.52. The standard InChI is InChI=1S/C16H18/c1-12-8-13(2)10-15(9-12)11-16-7-5-4-6-14(16)3/h4-10H,11H2,1-3H3. The van der Waals surface area contributed by atoms with E-state index in [4.69, 9.17) is 0 Å². The number of rotatable bonds is 2. The molecule has 2 aromatic carbocycles. The minimum absolute atomic E-state index is 1.04. The summed E-state index contributed by atoms with van der Waals surface area (Å²) < 4.78 is 0. The SMILES string of the molecule is Cc1cc(C)cc(Cc2ccccc2C)c1. The Morgan fingerprint density at radius 3 is 2.06 bits per heavy atom. The van der Waals surface area contributed by atoms with Gasteiger partial charge in [-0.05, 0) is 43.9 Å². The van der Waals surface area contributed by atoms with Crippen molar-refractivity contribution in [1.29, 1.82) is 0 Å². The molecular formula is C16H18. The van der Waals surface area contributed by atoms with Crippen LogP contribution < -0.4 is 0 Å². The van der Waals surface area contributed by atoms with Gasteiger partial charge in [0.15, 0.2) is 0 Å². The summed E-state index contributed by atoms with van der Waals surface area (Å²) in [5, 5.41) is 0. The van der Waals surface area contributed by atoms with Gasteiger partial charge in [0.1, 0.15) is 0 Å². The van der Waals surface area contributed by atoms with Gasteiger partial charge in [-0.3, -0.25) is 0 Å². The van der Waals surface area contributed by atoms with Crippen LogP contribution >= 0.6 is 0 Å². The first-order chi connectivity index (χ1) is 7.65. The molecule has 0 spiro atoms. The van der Waals surface area contributed by atoms with Crippen LogP contribution in [0, 0.1) is 20.8 Å². The molecule has 0 bridgehead atoms.